The molecule has 1 fully saturated rings. The Morgan fingerprint density at radius 3 is 2.22 bits per heavy atom. The molecule has 0 aromatic rings. The highest BCUT2D eigenvalue weighted by Gasteiger charge is 2.40. The fourth-order valence-corrected chi connectivity index (χ4v) is 3.22. The average molecular weight is 459 g/mol. The number of aliphatic carboxylic acids is 2. The first-order chi connectivity index (χ1) is 14.8. The van der Waals surface area contributed by atoms with Crippen LogP contribution in [0.2, 0.25) is 0 Å². The zero-order chi connectivity index (χ0) is 24.6. The monoisotopic (exact) mass is 459 g/mol. The number of aliphatic hydroxyl groups excluding tert-OH is 1. The van der Waals surface area contributed by atoms with E-state index in [-0.39, 0.29) is 25.8 Å². The summed E-state index contributed by atoms with van der Waals surface area (Å²) in [5.41, 5.74) is 10.6. The third-order valence-electron chi connectivity index (χ3n) is 4.91. The van der Waals surface area contributed by atoms with Crippen molar-refractivity contribution in [2.75, 3.05) is 6.54 Å². The lowest BCUT2D eigenvalue weighted by molar-refractivity contribution is -0.150. The number of hydrogen-bond donors (Lipinski definition) is 7. The number of carboxylic acids is 2. The molecule has 1 aliphatic heterocycles. The van der Waals surface area contributed by atoms with Gasteiger partial charge in [0.15, 0.2) is 0 Å². The zero-order valence-corrected chi connectivity index (χ0v) is 17.5. The number of primary amides is 1. The molecule has 1 rings (SSSR count). The normalized spacial score (nSPS) is 19.3. The summed E-state index contributed by atoms with van der Waals surface area (Å²) < 4.78 is 0. The minimum absolute atomic E-state index is 0.126. The van der Waals surface area contributed by atoms with Crippen molar-refractivity contribution in [1.29, 1.82) is 0 Å². The molecular weight excluding hydrogens is 430 g/mol. The number of aliphatic hydroxyl groups is 1. The van der Waals surface area contributed by atoms with Crippen molar-refractivity contribution < 1.29 is 44.1 Å². The second-order valence-corrected chi connectivity index (χ2v) is 7.53. The number of carbonyl (C=O) groups excluding carboxylic acids is 4. The molecule has 5 atom stereocenters. The van der Waals surface area contributed by atoms with Gasteiger partial charge >= 0.3 is 11.9 Å². The summed E-state index contributed by atoms with van der Waals surface area (Å²) in [4.78, 5) is 72.0. The van der Waals surface area contributed by atoms with E-state index >= 15 is 0 Å². The van der Waals surface area contributed by atoms with Crippen molar-refractivity contribution in [2.45, 2.75) is 69.3 Å². The predicted octanol–water partition coefficient (Wildman–Crippen LogP) is -3.52. The molecule has 0 spiro atoms. The summed E-state index contributed by atoms with van der Waals surface area (Å²) in [6.07, 6.45) is -2.08. The fourth-order valence-electron chi connectivity index (χ4n) is 3.22. The standard InChI is InChI=1S/C18H29N5O9/c1-8(24)14(17(30)23-6-2-3-11(23)18(31)32)22-16(29)10(4-5-12(20)25)21-15(28)9(19)7-13(26)27/h8-11,14,24H,2-7,19H2,1H3,(H2,20,25)(H,21,28)(H,22,29)(H,26,27)(H,31,32). The van der Waals surface area contributed by atoms with E-state index in [1.165, 1.54) is 6.92 Å². The second-order valence-electron chi connectivity index (χ2n) is 7.53. The Hall–Kier alpha value is -3.26. The minimum atomic E-state index is -1.52. The van der Waals surface area contributed by atoms with Gasteiger partial charge in [0.05, 0.1) is 18.6 Å². The largest absolute Gasteiger partial charge is 0.481 e. The van der Waals surface area contributed by atoms with Crippen molar-refractivity contribution in [3.63, 3.8) is 0 Å². The van der Waals surface area contributed by atoms with E-state index < -0.39 is 72.3 Å². The van der Waals surface area contributed by atoms with Gasteiger partial charge in [0.25, 0.3) is 0 Å². The van der Waals surface area contributed by atoms with E-state index in [1.807, 2.05) is 0 Å². The highest BCUT2D eigenvalue weighted by atomic mass is 16.4. The molecule has 14 nitrogen and oxygen atoms in total. The first kappa shape index (κ1) is 26.8. The summed E-state index contributed by atoms with van der Waals surface area (Å²) in [7, 11) is 0. The molecule has 9 N–H and O–H groups in total. The molecule has 1 aliphatic rings. The van der Waals surface area contributed by atoms with E-state index in [2.05, 4.69) is 10.6 Å². The van der Waals surface area contributed by atoms with Gasteiger partial charge in [-0.3, -0.25) is 24.0 Å². The number of nitrogens with one attached hydrogen (secondary N) is 2. The van der Waals surface area contributed by atoms with Crippen LogP contribution in [0.1, 0.15) is 39.0 Å². The van der Waals surface area contributed by atoms with Crippen LogP contribution in [0, 0.1) is 0 Å². The van der Waals surface area contributed by atoms with Crippen LogP contribution in [-0.4, -0.2) is 92.6 Å². The maximum absolute atomic E-state index is 12.8. The van der Waals surface area contributed by atoms with Crippen LogP contribution < -0.4 is 22.1 Å². The molecule has 0 aromatic heterocycles. The van der Waals surface area contributed by atoms with Crippen LogP contribution in [0.3, 0.4) is 0 Å². The predicted molar refractivity (Wildman–Crippen MR) is 107 cm³/mol. The molecule has 0 aromatic carbocycles. The van der Waals surface area contributed by atoms with Crippen molar-refractivity contribution in [3.05, 3.63) is 0 Å². The first-order valence-electron chi connectivity index (χ1n) is 9.92. The van der Waals surface area contributed by atoms with Crippen molar-refractivity contribution in [3.8, 4) is 0 Å². The van der Waals surface area contributed by atoms with Gasteiger partial charge in [0.2, 0.25) is 23.6 Å². The van der Waals surface area contributed by atoms with Gasteiger partial charge in [-0.15, -0.1) is 0 Å². The quantitative estimate of drug-likeness (QED) is 0.152. The van der Waals surface area contributed by atoms with Gasteiger partial charge in [-0.1, -0.05) is 0 Å². The van der Waals surface area contributed by atoms with Crippen LogP contribution >= 0.6 is 0 Å². The Bertz CT molecular complexity index is 757. The number of nitrogens with two attached hydrogens (primary N) is 2. The number of likely N-dealkylation sites (tertiary alicyclic amines) is 1. The van der Waals surface area contributed by atoms with Gasteiger partial charge in [-0.05, 0) is 26.2 Å². The Morgan fingerprint density at radius 1 is 1.09 bits per heavy atom. The molecular formula is C18H29N5O9. The summed E-state index contributed by atoms with van der Waals surface area (Å²) in [6, 6.07) is -5.52. The number of amides is 4. The molecule has 32 heavy (non-hydrogen) atoms. The number of hydrogen-bond acceptors (Lipinski definition) is 8. The molecule has 180 valence electrons. The third kappa shape index (κ3) is 7.77. The summed E-state index contributed by atoms with van der Waals surface area (Å²) in [6.45, 7) is 1.34. The van der Waals surface area contributed by atoms with Gasteiger partial charge < -0.3 is 42.3 Å². The number of carboxylic acid groups (broad SMARTS) is 2. The first-order valence-corrected chi connectivity index (χ1v) is 9.92. The van der Waals surface area contributed by atoms with Crippen LogP contribution in [0.15, 0.2) is 0 Å². The maximum Gasteiger partial charge on any atom is 0.326 e. The molecule has 4 amide bonds. The van der Waals surface area contributed by atoms with Crippen LogP contribution in [0.5, 0.6) is 0 Å². The number of rotatable bonds is 12. The van der Waals surface area contributed by atoms with Gasteiger partial charge in [0, 0.05) is 13.0 Å². The third-order valence-corrected chi connectivity index (χ3v) is 4.91. The number of carbonyl (C=O) groups is 6. The molecule has 1 saturated heterocycles. The highest BCUT2D eigenvalue weighted by molar-refractivity contribution is 5.95. The van der Waals surface area contributed by atoms with Crippen molar-refractivity contribution in [1.82, 2.24) is 15.5 Å². The minimum Gasteiger partial charge on any atom is -0.481 e. The van der Waals surface area contributed by atoms with Crippen LogP contribution in [0.25, 0.3) is 0 Å². The molecule has 14 heteroatoms. The lowest BCUT2D eigenvalue weighted by Crippen LogP contribution is -2.60. The summed E-state index contributed by atoms with van der Waals surface area (Å²) >= 11 is 0. The lowest BCUT2D eigenvalue weighted by atomic mass is 10.1. The van der Waals surface area contributed by atoms with Crippen molar-refractivity contribution >= 4 is 35.6 Å². The van der Waals surface area contributed by atoms with E-state index in [9.17, 15) is 39.0 Å². The van der Waals surface area contributed by atoms with E-state index in [0.29, 0.717) is 6.42 Å². The number of nitrogens with zero attached hydrogens (tertiary/aromatic N) is 1. The van der Waals surface area contributed by atoms with E-state index in [1.54, 1.807) is 0 Å². The fraction of sp³-hybridized carbons (Fsp3) is 0.667. The van der Waals surface area contributed by atoms with E-state index in [4.69, 9.17) is 16.6 Å². The summed E-state index contributed by atoms with van der Waals surface area (Å²) in [5.74, 6) is -6.11. The smallest absolute Gasteiger partial charge is 0.326 e. The summed E-state index contributed by atoms with van der Waals surface area (Å²) in [5, 5.41) is 32.5. The average Bonchev–Trinajstić information content (AvgIpc) is 3.17. The van der Waals surface area contributed by atoms with Gasteiger partial charge in [-0.2, -0.15) is 0 Å². The topological polar surface area (TPSA) is 242 Å². The molecule has 1 heterocycles. The van der Waals surface area contributed by atoms with Crippen molar-refractivity contribution in [2.24, 2.45) is 11.5 Å². The second kappa shape index (κ2) is 12.0. The molecule has 0 saturated carbocycles. The Balaban J connectivity index is 2.98. The Morgan fingerprint density at radius 2 is 1.72 bits per heavy atom. The zero-order valence-electron chi connectivity index (χ0n) is 17.5. The molecule has 5 unspecified atom stereocenters. The molecule has 0 bridgehead atoms. The van der Waals surface area contributed by atoms with Crippen LogP contribution in [-0.2, 0) is 28.8 Å². The van der Waals surface area contributed by atoms with E-state index in [0.717, 1.165) is 4.90 Å². The Labute approximate surface area is 183 Å². The Kier molecular flexibility index (Phi) is 10.00. The SMILES string of the molecule is CC(O)C(NC(=O)C(CCC(N)=O)NC(=O)C(N)CC(=O)O)C(=O)N1CCCC1C(=O)O. The van der Waals surface area contributed by atoms with Crippen LogP contribution in [0.4, 0.5) is 0 Å². The van der Waals surface area contributed by atoms with Gasteiger partial charge in [-0.25, -0.2) is 4.79 Å². The maximum atomic E-state index is 12.8. The lowest BCUT2D eigenvalue weighted by Gasteiger charge is -2.30. The molecule has 0 aliphatic carbocycles. The van der Waals surface area contributed by atoms with Gasteiger partial charge in [0.1, 0.15) is 18.1 Å². The molecule has 0 radical (unpaired) electrons. The highest BCUT2D eigenvalue weighted by Crippen LogP contribution is 2.19.